The molecule has 244 valence electrons. The number of rotatable bonds is 24. The topological polar surface area (TPSA) is 0 Å². The van der Waals surface area contributed by atoms with E-state index in [9.17, 15) is 0 Å². The number of benzene rings is 2. The highest BCUT2D eigenvalue weighted by Crippen LogP contribution is 2.40. The molecule has 0 fully saturated rings. The van der Waals surface area contributed by atoms with Gasteiger partial charge in [-0.3, -0.25) is 0 Å². The average molecular weight is 679 g/mol. The number of hydrogen-bond donors (Lipinski definition) is 0. The van der Waals surface area contributed by atoms with Crippen LogP contribution in [0.5, 0.6) is 0 Å². The first kappa shape index (κ1) is 39.1. The molecule has 0 nitrogen and oxygen atoms in total. The van der Waals surface area contributed by atoms with E-state index in [1.165, 1.54) is 74.2 Å². The highest BCUT2D eigenvalue weighted by atomic mass is 31.1. The summed E-state index contributed by atoms with van der Waals surface area (Å²) in [4.78, 5) is 0. The summed E-state index contributed by atoms with van der Waals surface area (Å²) in [5.41, 5.74) is 0. The Labute approximate surface area is 279 Å². The Morgan fingerprint density at radius 2 is 0.795 bits per heavy atom. The molecule has 0 N–H and O–H groups in total. The predicted octanol–water partition coefficient (Wildman–Crippen LogP) is 12.8. The van der Waals surface area contributed by atoms with Crippen LogP contribution < -0.4 is 10.6 Å². The lowest BCUT2D eigenvalue weighted by atomic mass is 10.4. The first-order chi connectivity index (χ1) is 20.9. The molecular formula is C39H67PSi4. The van der Waals surface area contributed by atoms with Crippen molar-refractivity contribution in [3.63, 3.8) is 0 Å². The van der Waals surface area contributed by atoms with Crippen molar-refractivity contribution in [3.8, 4) is 0 Å². The monoisotopic (exact) mass is 678 g/mol. The fourth-order valence-corrected chi connectivity index (χ4v) is 22.6. The van der Waals surface area contributed by atoms with E-state index in [1.807, 2.05) is 0 Å². The lowest BCUT2D eigenvalue weighted by Crippen LogP contribution is -2.37. The lowest BCUT2D eigenvalue weighted by Gasteiger charge is -2.36. The number of hydrogen-bond acceptors (Lipinski definition) is 0. The highest BCUT2D eigenvalue weighted by Gasteiger charge is 2.34. The molecule has 2 aromatic rings. The minimum Gasteiger partial charge on any atom is -0.103 e. The van der Waals surface area contributed by atoms with Gasteiger partial charge in [0, 0.05) is 0 Å². The molecule has 2 rings (SSSR count). The highest BCUT2D eigenvalue weighted by molar-refractivity contribution is 7.73. The van der Waals surface area contributed by atoms with Crippen molar-refractivity contribution in [3.05, 3.63) is 98.6 Å². The Morgan fingerprint density at radius 3 is 1.11 bits per heavy atom. The Balaban J connectivity index is 2.32. The number of allylic oxidation sites excluding steroid dienone is 3. The standard InChI is InChI=1S/C39H67PSi4/c1-10-28-41(4,5)31-20-35-44(36-21-32-42(6,7)29-11-2,37-22-33-43(8,9)30-12-3)34-19-27-40(38-23-15-13-16-24-38)39-25-17-14-18-26-39/h10-18,23-26H,1-3,19-22,27-37H2,4-9H3. The second-order valence-electron chi connectivity index (χ2n) is 16.0. The average Bonchev–Trinajstić information content (AvgIpc) is 2.96. The molecule has 0 saturated heterocycles. The minimum atomic E-state index is -1.43. The van der Waals surface area contributed by atoms with E-state index in [0.29, 0.717) is 0 Å². The van der Waals surface area contributed by atoms with Crippen molar-refractivity contribution < 1.29 is 0 Å². The molecule has 0 aliphatic rings. The van der Waals surface area contributed by atoms with Crippen LogP contribution in [0.25, 0.3) is 0 Å². The van der Waals surface area contributed by atoms with Crippen LogP contribution in [0.3, 0.4) is 0 Å². The largest absolute Gasteiger partial charge is 0.103 e. The van der Waals surface area contributed by atoms with Gasteiger partial charge in [0.05, 0.1) is 32.3 Å². The van der Waals surface area contributed by atoms with E-state index in [1.54, 1.807) is 28.7 Å². The molecule has 44 heavy (non-hydrogen) atoms. The zero-order valence-electron chi connectivity index (χ0n) is 29.7. The van der Waals surface area contributed by atoms with Crippen molar-refractivity contribution in [2.75, 3.05) is 6.16 Å². The molecule has 0 spiro atoms. The molecule has 0 atom stereocenters. The van der Waals surface area contributed by atoms with Gasteiger partial charge in [0.1, 0.15) is 0 Å². The van der Waals surface area contributed by atoms with Crippen LogP contribution in [-0.4, -0.2) is 38.5 Å². The Morgan fingerprint density at radius 1 is 0.477 bits per heavy atom. The molecule has 0 radical (unpaired) electrons. The third kappa shape index (κ3) is 15.0. The molecule has 0 unspecified atom stereocenters. The van der Waals surface area contributed by atoms with Crippen LogP contribution in [0.2, 0.25) is 99.7 Å². The van der Waals surface area contributed by atoms with Crippen LogP contribution >= 0.6 is 7.92 Å². The molecule has 0 amide bonds. The van der Waals surface area contributed by atoms with Crippen LogP contribution in [-0.2, 0) is 0 Å². The minimum absolute atomic E-state index is 0.303. The molecule has 2 aromatic carbocycles. The van der Waals surface area contributed by atoms with Gasteiger partial charge in [0.15, 0.2) is 0 Å². The first-order valence-corrected chi connectivity index (χ1v) is 32.2. The van der Waals surface area contributed by atoms with Gasteiger partial charge in [-0.05, 0) is 42.8 Å². The van der Waals surface area contributed by atoms with Crippen molar-refractivity contribution in [1.82, 2.24) is 0 Å². The Hall–Kier alpha value is -1.04. The van der Waals surface area contributed by atoms with E-state index < -0.39 is 32.3 Å². The molecule has 0 aromatic heterocycles. The summed E-state index contributed by atoms with van der Waals surface area (Å²) in [6.45, 7) is 27.9. The van der Waals surface area contributed by atoms with Crippen LogP contribution in [0.15, 0.2) is 98.6 Å². The first-order valence-electron chi connectivity index (χ1n) is 17.6. The van der Waals surface area contributed by atoms with Gasteiger partial charge in [-0.15, -0.1) is 19.7 Å². The summed E-state index contributed by atoms with van der Waals surface area (Å²) in [7, 11) is -5.29. The van der Waals surface area contributed by atoms with Crippen molar-refractivity contribution in [2.45, 2.75) is 125 Å². The van der Waals surface area contributed by atoms with Gasteiger partial charge in [-0.2, -0.15) is 0 Å². The third-order valence-electron chi connectivity index (χ3n) is 10.00. The molecule has 5 heteroatoms. The molecule has 0 saturated carbocycles. The molecular weight excluding hydrogens is 612 g/mol. The summed E-state index contributed by atoms with van der Waals surface area (Å²) in [6.07, 6.45) is 13.7. The quantitative estimate of drug-likeness (QED) is 0.0589. The van der Waals surface area contributed by atoms with Crippen LogP contribution in [0.1, 0.15) is 25.7 Å². The maximum absolute atomic E-state index is 4.11. The van der Waals surface area contributed by atoms with E-state index in [4.69, 9.17) is 0 Å². The third-order valence-corrected chi connectivity index (χ3v) is 27.6. The summed E-state index contributed by atoms with van der Waals surface area (Å²) in [6, 6.07) is 37.3. The van der Waals surface area contributed by atoms with E-state index in [-0.39, 0.29) is 7.92 Å². The zero-order valence-corrected chi connectivity index (χ0v) is 34.6. The Bertz CT molecular complexity index is 985. The lowest BCUT2D eigenvalue weighted by molar-refractivity contribution is 0.866. The second-order valence-corrected chi connectivity index (χ2v) is 39.0. The summed E-state index contributed by atoms with van der Waals surface area (Å²) < 4.78 is 0. The molecule has 0 heterocycles. The second kappa shape index (κ2) is 19.6. The van der Waals surface area contributed by atoms with Crippen molar-refractivity contribution in [1.29, 1.82) is 0 Å². The molecule has 0 aliphatic heterocycles. The summed E-state index contributed by atoms with van der Waals surface area (Å²) in [5, 5.41) is 3.10. The van der Waals surface area contributed by atoms with Gasteiger partial charge in [0.2, 0.25) is 0 Å². The molecule has 0 bridgehead atoms. The van der Waals surface area contributed by atoms with Crippen molar-refractivity contribution >= 4 is 50.8 Å². The van der Waals surface area contributed by atoms with Crippen LogP contribution in [0.4, 0.5) is 0 Å². The normalized spacial score (nSPS) is 12.8. The van der Waals surface area contributed by atoms with E-state index in [0.717, 1.165) is 0 Å². The maximum atomic E-state index is 4.11. The fourth-order valence-electron chi connectivity index (χ4n) is 7.29. The summed E-state index contributed by atoms with van der Waals surface area (Å²) >= 11 is 0. The SMILES string of the molecule is C=CC[Si](C)(C)CCC[Si](CCCP(c1ccccc1)c1ccccc1)(CCC[Si](C)(C)CC=C)CCC[Si](C)(C)CC=C. The van der Waals surface area contributed by atoms with Gasteiger partial charge in [-0.1, -0.05) is 186 Å². The van der Waals surface area contributed by atoms with Gasteiger partial charge in [0.25, 0.3) is 0 Å². The fraction of sp³-hybridized carbons (Fsp3) is 0.538. The Kier molecular flexibility index (Phi) is 17.4. The smallest absolute Gasteiger partial charge is 0.0535 e. The van der Waals surface area contributed by atoms with Gasteiger partial charge >= 0.3 is 0 Å². The van der Waals surface area contributed by atoms with E-state index >= 15 is 0 Å². The summed E-state index contributed by atoms with van der Waals surface area (Å²) in [5.74, 6) is 0. The van der Waals surface area contributed by atoms with Gasteiger partial charge < -0.3 is 0 Å². The maximum Gasteiger partial charge on any atom is 0.0535 e. The van der Waals surface area contributed by atoms with Crippen LogP contribution in [0, 0.1) is 0 Å². The molecule has 0 aliphatic carbocycles. The van der Waals surface area contributed by atoms with Crippen molar-refractivity contribution in [2.24, 2.45) is 0 Å². The van der Waals surface area contributed by atoms with Gasteiger partial charge in [-0.25, -0.2) is 0 Å². The zero-order chi connectivity index (χ0) is 32.5. The predicted molar refractivity (Wildman–Crippen MR) is 219 cm³/mol. The van der Waals surface area contributed by atoms with E-state index in [2.05, 4.69) is 138 Å².